The van der Waals surface area contributed by atoms with E-state index in [1.807, 2.05) is 30.3 Å². The van der Waals surface area contributed by atoms with Crippen molar-refractivity contribution in [2.24, 2.45) is 0 Å². The van der Waals surface area contributed by atoms with Crippen molar-refractivity contribution < 1.29 is 14.3 Å². The number of ether oxygens (including phenoxy) is 1. The lowest BCUT2D eigenvalue weighted by Gasteiger charge is -2.09. The van der Waals surface area contributed by atoms with Gasteiger partial charge in [0.2, 0.25) is 0 Å². The number of hydrogen-bond donors (Lipinski definition) is 2. The molecular weight excluding hydrogens is 399 g/mol. The van der Waals surface area contributed by atoms with Gasteiger partial charge < -0.3 is 4.74 Å². The van der Waals surface area contributed by atoms with E-state index in [4.69, 9.17) is 27.9 Å². The normalized spacial score (nSPS) is 10.2. The van der Waals surface area contributed by atoms with Crippen molar-refractivity contribution in [3.63, 3.8) is 0 Å². The lowest BCUT2D eigenvalue weighted by atomic mass is 10.2. The summed E-state index contributed by atoms with van der Waals surface area (Å²) < 4.78 is 5.68. The zero-order chi connectivity index (χ0) is 19.9. The van der Waals surface area contributed by atoms with Crippen LogP contribution in [0.25, 0.3) is 0 Å². The minimum absolute atomic E-state index is 0.238. The Morgan fingerprint density at radius 3 is 1.93 bits per heavy atom. The molecule has 28 heavy (non-hydrogen) atoms. The fourth-order valence-corrected chi connectivity index (χ4v) is 2.91. The highest BCUT2D eigenvalue weighted by atomic mass is 35.5. The molecule has 2 N–H and O–H groups in total. The van der Waals surface area contributed by atoms with Gasteiger partial charge in [-0.15, -0.1) is 0 Å². The highest BCUT2D eigenvalue weighted by Crippen LogP contribution is 2.19. The molecule has 3 rings (SSSR count). The van der Waals surface area contributed by atoms with Crippen LogP contribution in [0.2, 0.25) is 10.0 Å². The molecule has 5 nitrogen and oxygen atoms in total. The maximum absolute atomic E-state index is 12.2. The van der Waals surface area contributed by atoms with Gasteiger partial charge in [-0.1, -0.05) is 53.5 Å². The number of carbonyl (C=O) groups excluding carboxylic acids is 2. The third-order valence-corrected chi connectivity index (χ3v) is 4.22. The van der Waals surface area contributed by atoms with Crippen molar-refractivity contribution in [1.82, 2.24) is 10.9 Å². The summed E-state index contributed by atoms with van der Waals surface area (Å²) in [4.78, 5) is 24.3. The number of rotatable bonds is 5. The summed E-state index contributed by atoms with van der Waals surface area (Å²) in [6.45, 7) is 0.435. The maximum atomic E-state index is 12.2. The number of amides is 2. The Morgan fingerprint density at radius 2 is 1.32 bits per heavy atom. The van der Waals surface area contributed by atoms with Gasteiger partial charge in [0.05, 0.1) is 0 Å². The molecule has 0 aliphatic heterocycles. The van der Waals surface area contributed by atoms with E-state index >= 15 is 0 Å². The van der Waals surface area contributed by atoms with Crippen molar-refractivity contribution in [2.75, 3.05) is 0 Å². The van der Waals surface area contributed by atoms with Crippen LogP contribution in [0.5, 0.6) is 5.75 Å². The molecule has 0 fully saturated rings. The van der Waals surface area contributed by atoms with Crippen LogP contribution in [0.1, 0.15) is 26.3 Å². The smallest absolute Gasteiger partial charge is 0.269 e. The molecule has 3 aromatic rings. The summed E-state index contributed by atoms with van der Waals surface area (Å²) in [5.74, 6) is -0.352. The van der Waals surface area contributed by atoms with Crippen molar-refractivity contribution in [3.8, 4) is 5.75 Å². The second kappa shape index (κ2) is 9.26. The predicted octanol–water partition coefficient (Wildman–Crippen LogP) is 4.65. The SMILES string of the molecule is O=C(NNC(=O)c1cc(Cl)cc(Cl)c1)c1ccc(OCc2ccccc2)cc1. The molecule has 0 aromatic heterocycles. The van der Waals surface area contributed by atoms with Gasteiger partial charge in [0.25, 0.3) is 11.8 Å². The number of hydrazine groups is 1. The van der Waals surface area contributed by atoms with Crippen molar-refractivity contribution in [2.45, 2.75) is 6.61 Å². The van der Waals surface area contributed by atoms with Gasteiger partial charge in [0, 0.05) is 21.2 Å². The van der Waals surface area contributed by atoms with E-state index in [1.54, 1.807) is 24.3 Å². The van der Waals surface area contributed by atoms with Crippen molar-refractivity contribution in [1.29, 1.82) is 0 Å². The molecular formula is C21H16Cl2N2O3. The Hall–Kier alpha value is -3.02. The Kier molecular flexibility index (Phi) is 6.53. The van der Waals surface area contributed by atoms with Gasteiger partial charge in [-0.3, -0.25) is 20.4 Å². The first-order valence-corrected chi connectivity index (χ1v) is 9.10. The molecule has 0 saturated heterocycles. The number of hydrogen-bond acceptors (Lipinski definition) is 3. The Morgan fingerprint density at radius 1 is 0.750 bits per heavy atom. The molecule has 2 amide bonds. The Bertz CT molecular complexity index is 956. The molecule has 0 radical (unpaired) electrons. The van der Waals surface area contributed by atoms with Gasteiger partial charge >= 0.3 is 0 Å². The van der Waals surface area contributed by atoms with Crippen LogP contribution in [0.15, 0.2) is 72.8 Å². The van der Waals surface area contributed by atoms with Crippen LogP contribution >= 0.6 is 23.2 Å². The quantitative estimate of drug-likeness (QED) is 0.597. The predicted molar refractivity (Wildman–Crippen MR) is 109 cm³/mol. The van der Waals surface area contributed by atoms with Gasteiger partial charge in [-0.25, -0.2) is 0 Å². The van der Waals surface area contributed by atoms with Gasteiger partial charge in [0.1, 0.15) is 12.4 Å². The summed E-state index contributed by atoms with van der Waals surface area (Å²) in [5, 5.41) is 0.658. The van der Waals surface area contributed by atoms with Gasteiger partial charge in [-0.2, -0.15) is 0 Å². The number of nitrogens with one attached hydrogen (secondary N) is 2. The molecule has 0 spiro atoms. The zero-order valence-corrected chi connectivity index (χ0v) is 16.1. The molecule has 0 heterocycles. The molecule has 0 unspecified atom stereocenters. The van der Waals surface area contributed by atoms with Crippen molar-refractivity contribution >= 4 is 35.0 Å². The topological polar surface area (TPSA) is 67.4 Å². The lowest BCUT2D eigenvalue weighted by Crippen LogP contribution is -2.41. The highest BCUT2D eigenvalue weighted by Gasteiger charge is 2.11. The Labute approximate surface area is 172 Å². The molecule has 7 heteroatoms. The number of benzene rings is 3. The van der Waals surface area contributed by atoms with Crippen LogP contribution in [0.3, 0.4) is 0 Å². The number of halogens is 2. The first-order chi connectivity index (χ1) is 13.5. The highest BCUT2D eigenvalue weighted by molar-refractivity contribution is 6.35. The molecule has 0 aliphatic carbocycles. The van der Waals surface area contributed by atoms with E-state index in [2.05, 4.69) is 10.9 Å². The van der Waals surface area contributed by atoms with Crippen LogP contribution in [-0.4, -0.2) is 11.8 Å². The summed E-state index contributed by atoms with van der Waals surface area (Å²) in [6.07, 6.45) is 0. The van der Waals surface area contributed by atoms with Gasteiger partial charge in [-0.05, 0) is 48.0 Å². The minimum atomic E-state index is -0.527. The first kappa shape index (κ1) is 19.7. The lowest BCUT2D eigenvalue weighted by molar-refractivity contribution is 0.0846. The fourth-order valence-electron chi connectivity index (χ4n) is 2.39. The summed E-state index contributed by atoms with van der Waals surface area (Å²) in [5.41, 5.74) is 6.33. The fraction of sp³-hybridized carbons (Fsp3) is 0.0476. The van der Waals surface area contributed by atoms with Crippen LogP contribution in [0.4, 0.5) is 0 Å². The Balaban J connectivity index is 1.53. The van der Waals surface area contributed by atoms with E-state index in [1.165, 1.54) is 18.2 Å². The molecule has 0 aliphatic rings. The minimum Gasteiger partial charge on any atom is -0.489 e. The largest absolute Gasteiger partial charge is 0.489 e. The van der Waals surface area contributed by atoms with Crippen LogP contribution < -0.4 is 15.6 Å². The van der Waals surface area contributed by atoms with E-state index < -0.39 is 11.8 Å². The van der Waals surface area contributed by atoms with Crippen LogP contribution in [-0.2, 0) is 6.61 Å². The number of carbonyl (C=O) groups is 2. The monoisotopic (exact) mass is 414 g/mol. The standard InChI is InChI=1S/C21H16Cl2N2O3/c22-17-10-16(11-18(23)12-17)21(27)25-24-20(26)15-6-8-19(9-7-15)28-13-14-4-2-1-3-5-14/h1-12H,13H2,(H,24,26)(H,25,27). The third kappa shape index (κ3) is 5.49. The van der Waals surface area contributed by atoms with E-state index in [0.29, 0.717) is 28.0 Å². The molecule has 3 aromatic carbocycles. The molecule has 0 bridgehead atoms. The third-order valence-electron chi connectivity index (χ3n) is 3.78. The molecule has 142 valence electrons. The first-order valence-electron chi connectivity index (χ1n) is 8.35. The van der Waals surface area contributed by atoms with Crippen molar-refractivity contribution in [3.05, 3.63) is 99.5 Å². The zero-order valence-electron chi connectivity index (χ0n) is 14.6. The van der Waals surface area contributed by atoms with E-state index in [9.17, 15) is 9.59 Å². The molecule has 0 saturated carbocycles. The van der Waals surface area contributed by atoms with E-state index in [0.717, 1.165) is 5.56 Å². The van der Waals surface area contributed by atoms with Gasteiger partial charge in [0.15, 0.2) is 0 Å². The summed E-state index contributed by atoms with van der Waals surface area (Å²) in [7, 11) is 0. The molecule has 0 atom stereocenters. The summed E-state index contributed by atoms with van der Waals surface area (Å²) in [6, 6.07) is 20.8. The second-order valence-corrected chi connectivity index (χ2v) is 6.74. The average Bonchev–Trinajstić information content (AvgIpc) is 2.70. The summed E-state index contributed by atoms with van der Waals surface area (Å²) >= 11 is 11.7. The van der Waals surface area contributed by atoms with Crippen LogP contribution in [0, 0.1) is 0 Å². The van der Waals surface area contributed by atoms with E-state index in [-0.39, 0.29) is 5.56 Å². The average molecular weight is 415 g/mol. The second-order valence-electron chi connectivity index (χ2n) is 5.87. The maximum Gasteiger partial charge on any atom is 0.269 e.